The van der Waals surface area contributed by atoms with Crippen molar-refractivity contribution in [1.82, 2.24) is 5.32 Å². The molecule has 3 N–H and O–H groups in total. The normalized spacial score (nSPS) is 22.5. The smallest absolute Gasteiger partial charge is 0.335 e. The van der Waals surface area contributed by atoms with Gasteiger partial charge in [0.1, 0.15) is 0 Å². The molecule has 0 aliphatic carbocycles. The average Bonchev–Trinajstić information content (AvgIpc) is 2.60. The molecule has 2 aliphatic rings. The Labute approximate surface area is 98.8 Å². The molecule has 0 aromatic carbocycles. The van der Waals surface area contributed by atoms with Crippen molar-refractivity contribution in [2.75, 3.05) is 0 Å². The number of hydrogen-bond donors (Lipinski definition) is 2. The van der Waals surface area contributed by atoms with Gasteiger partial charge in [-0.2, -0.15) is 0 Å². The topological polar surface area (TPSA) is 95.2 Å². The fourth-order valence-corrected chi connectivity index (χ4v) is 1.68. The molecule has 0 aromatic rings. The Hall–Kier alpha value is -2.05. The quantitative estimate of drug-likeness (QED) is 0.564. The second kappa shape index (κ2) is 3.76. The first-order valence-electron chi connectivity index (χ1n) is 5.26. The van der Waals surface area contributed by atoms with Crippen LogP contribution in [0.25, 0.3) is 0 Å². The molecular weight excluding hydrogens is 220 g/mol. The number of nitrogens with two attached hydrogens (primary N) is 1. The van der Waals surface area contributed by atoms with E-state index in [0.29, 0.717) is 5.84 Å². The van der Waals surface area contributed by atoms with Crippen LogP contribution in [0.4, 0.5) is 4.79 Å². The van der Waals surface area contributed by atoms with Crippen molar-refractivity contribution in [2.45, 2.75) is 26.9 Å². The van der Waals surface area contributed by atoms with Gasteiger partial charge < -0.3 is 5.73 Å². The molecular formula is C10H15N6O+. The summed E-state index contributed by atoms with van der Waals surface area (Å²) >= 11 is 0. The zero-order valence-electron chi connectivity index (χ0n) is 10.0. The first-order valence-corrected chi connectivity index (χ1v) is 5.26. The van der Waals surface area contributed by atoms with Gasteiger partial charge in [0.2, 0.25) is 11.5 Å². The predicted molar refractivity (Wildman–Crippen MR) is 65.6 cm³/mol. The molecule has 1 atom stereocenters. The molecule has 17 heavy (non-hydrogen) atoms. The number of aliphatic imine (C=N–C) groups is 2. The Kier molecular flexibility index (Phi) is 2.53. The monoisotopic (exact) mass is 235 g/mol. The number of amidine groups is 1. The molecule has 90 valence electrons. The number of amides is 2. The highest BCUT2D eigenvalue weighted by Gasteiger charge is 2.41. The summed E-state index contributed by atoms with van der Waals surface area (Å²) in [5.41, 5.74) is 5.97. The van der Waals surface area contributed by atoms with Gasteiger partial charge in [-0.25, -0.2) is 14.8 Å². The highest BCUT2D eigenvalue weighted by molar-refractivity contribution is 6.31. The summed E-state index contributed by atoms with van der Waals surface area (Å²) in [5, 5.41) is 6.62. The Morgan fingerprint density at radius 3 is 2.82 bits per heavy atom. The molecule has 0 spiro atoms. The molecule has 0 saturated heterocycles. The van der Waals surface area contributed by atoms with E-state index in [2.05, 4.69) is 41.2 Å². The minimum absolute atomic E-state index is 0.0786. The summed E-state index contributed by atoms with van der Waals surface area (Å²) < 4.78 is 1.73. The van der Waals surface area contributed by atoms with Crippen molar-refractivity contribution >= 4 is 30.1 Å². The first-order chi connectivity index (χ1) is 7.89. The van der Waals surface area contributed by atoms with E-state index in [0.717, 1.165) is 5.71 Å². The van der Waals surface area contributed by atoms with E-state index in [9.17, 15) is 4.79 Å². The minimum atomic E-state index is -0.654. The average molecular weight is 235 g/mol. The minimum Gasteiger partial charge on any atom is -0.351 e. The van der Waals surface area contributed by atoms with Crippen LogP contribution in [-0.2, 0) is 0 Å². The highest BCUT2D eigenvalue weighted by atomic mass is 16.2. The van der Waals surface area contributed by atoms with Crippen LogP contribution in [-0.4, -0.2) is 41.0 Å². The van der Waals surface area contributed by atoms with Crippen LogP contribution in [0.5, 0.6) is 0 Å². The molecule has 0 aromatic heterocycles. The van der Waals surface area contributed by atoms with Crippen molar-refractivity contribution in [2.24, 2.45) is 26.2 Å². The number of rotatable bonds is 0. The van der Waals surface area contributed by atoms with E-state index in [1.807, 2.05) is 0 Å². The van der Waals surface area contributed by atoms with E-state index in [1.165, 1.54) is 6.34 Å². The summed E-state index contributed by atoms with van der Waals surface area (Å²) in [6.07, 6.45) is 2.72. The van der Waals surface area contributed by atoms with E-state index >= 15 is 0 Å². The van der Waals surface area contributed by atoms with Gasteiger partial charge in [0, 0.05) is 5.10 Å². The summed E-state index contributed by atoms with van der Waals surface area (Å²) in [4.78, 5) is 19.1. The summed E-state index contributed by atoms with van der Waals surface area (Å²) in [6.45, 7) is 6.21. The molecule has 0 fully saturated rings. The zero-order chi connectivity index (χ0) is 12.6. The lowest BCUT2D eigenvalue weighted by atomic mass is 9.91. The predicted octanol–water partition coefficient (Wildman–Crippen LogP) is -0.0798. The number of carbonyl (C=O) groups is 1. The Bertz CT molecular complexity index is 480. The molecule has 2 rings (SSSR count). The van der Waals surface area contributed by atoms with Crippen LogP contribution in [0.3, 0.4) is 0 Å². The molecule has 2 amide bonds. The molecule has 0 saturated carbocycles. The molecule has 7 heteroatoms. The van der Waals surface area contributed by atoms with Crippen LogP contribution in [0.15, 0.2) is 15.1 Å². The molecule has 7 nitrogen and oxygen atoms in total. The third-order valence-electron chi connectivity index (χ3n) is 2.45. The fraction of sp³-hybridized carbons (Fsp3) is 0.500. The summed E-state index contributed by atoms with van der Waals surface area (Å²) in [6, 6.07) is -0.654. The summed E-state index contributed by atoms with van der Waals surface area (Å²) in [7, 11) is 0. The van der Waals surface area contributed by atoms with Crippen LogP contribution in [0, 0.1) is 5.41 Å². The zero-order valence-corrected chi connectivity index (χ0v) is 10.0. The van der Waals surface area contributed by atoms with Crippen LogP contribution < -0.4 is 11.1 Å². The van der Waals surface area contributed by atoms with Gasteiger partial charge in [-0.15, -0.1) is 0 Å². The number of fused-ring (bicyclic) bond motifs is 1. The number of nitrogens with zero attached hydrogens (tertiary/aromatic N) is 4. The number of hydrogen-bond acceptors (Lipinski definition) is 4. The van der Waals surface area contributed by atoms with Crippen LogP contribution in [0.1, 0.15) is 20.8 Å². The molecule has 0 bridgehead atoms. The second-order valence-electron chi connectivity index (χ2n) is 4.87. The standard InChI is InChI=1S/C10H14N6O/c1-10(2,3)6-4-12-8-7(15-9(11)17)13-5-14-16(6)8/h4-5,8H,1-3H3,(H2-,11,12,13,14,15,17)/p+1. The second-order valence-corrected chi connectivity index (χ2v) is 4.87. The van der Waals surface area contributed by atoms with Crippen molar-refractivity contribution in [3.05, 3.63) is 0 Å². The van der Waals surface area contributed by atoms with Gasteiger partial charge in [-0.1, -0.05) is 25.5 Å². The number of hydrazone groups is 1. The van der Waals surface area contributed by atoms with Gasteiger partial charge in [0.25, 0.3) is 0 Å². The Morgan fingerprint density at radius 2 is 2.24 bits per heavy atom. The number of urea groups is 1. The van der Waals surface area contributed by atoms with E-state index in [1.54, 1.807) is 10.9 Å². The van der Waals surface area contributed by atoms with E-state index < -0.39 is 12.2 Å². The van der Waals surface area contributed by atoms with Crippen LogP contribution in [0.2, 0.25) is 0 Å². The van der Waals surface area contributed by atoms with Gasteiger partial charge in [-0.3, -0.25) is 5.32 Å². The van der Waals surface area contributed by atoms with Gasteiger partial charge >= 0.3 is 12.2 Å². The van der Waals surface area contributed by atoms with E-state index in [-0.39, 0.29) is 5.41 Å². The fourth-order valence-electron chi connectivity index (χ4n) is 1.68. The maximum Gasteiger partial charge on any atom is 0.335 e. The first kappa shape index (κ1) is 11.4. The van der Waals surface area contributed by atoms with Gasteiger partial charge in [0.05, 0.1) is 11.6 Å². The lowest BCUT2D eigenvalue weighted by Gasteiger charge is -2.15. The van der Waals surface area contributed by atoms with Crippen molar-refractivity contribution in [3.8, 4) is 0 Å². The Balaban J connectivity index is 2.35. The molecule has 1 unspecified atom stereocenters. The van der Waals surface area contributed by atoms with Crippen molar-refractivity contribution in [1.29, 1.82) is 0 Å². The van der Waals surface area contributed by atoms with Gasteiger partial charge in [0.15, 0.2) is 6.34 Å². The van der Waals surface area contributed by atoms with E-state index in [4.69, 9.17) is 5.73 Å². The maximum absolute atomic E-state index is 10.8. The lowest BCUT2D eigenvalue weighted by molar-refractivity contribution is -0.551. The van der Waals surface area contributed by atoms with Crippen LogP contribution >= 0.6 is 0 Å². The third-order valence-corrected chi connectivity index (χ3v) is 2.45. The summed E-state index contributed by atoms with van der Waals surface area (Å²) in [5.74, 6) is 0.392. The van der Waals surface area contributed by atoms with Crippen molar-refractivity contribution in [3.63, 3.8) is 0 Å². The molecule has 2 aliphatic heterocycles. The highest BCUT2D eigenvalue weighted by Crippen LogP contribution is 2.20. The maximum atomic E-state index is 10.8. The largest absolute Gasteiger partial charge is 0.351 e. The number of nitrogens with one attached hydrogen (secondary N) is 1. The van der Waals surface area contributed by atoms with Gasteiger partial charge in [-0.05, 0) is 0 Å². The lowest BCUT2D eigenvalue weighted by Crippen LogP contribution is -2.46. The molecule has 2 heterocycles. The van der Waals surface area contributed by atoms with Crippen molar-refractivity contribution < 1.29 is 9.48 Å². The number of carbonyl (C=O) groups excluding carboxylic acids is 1. The SMILES string of the molecule is CC(C)(C)C1=[N+]2N=CN=C(NC(N)=O)C2N=C1. The number of primary amides is 1. The molecule has 0 radical (unpaired) electrons. The Morgan fingerprint density at radius 1 is 1.53 bits per heavy atom. The third kappa shape index (κ3) is 2.08.